The molecule has 0 aliphatic carbocycles. The number of thioether (sulfide) groups is 1. The number of carbonyl (C=O) groups is 1. The van der Waals surface area contributed by atoms with Gasteiger partial charge >= 0.3 is 0 Å². The van der Waals surface area contributed by atoms with Crippen molar-refractivity contribution >= 4 is 33.3 Å². The van der Waals surface area contributed by atoms with Gasteiger partial charge in [-0.05, 0) is 31.2 Å². The fourth-order valence-corrected chi connectivity index (χ4v) is 5.46. The zero-order valence-corrected chi connectivity index (χ0v) is 20.3. The van der Waals surface area contributed by atoms with E-state index in [0.29, 0.717) is 23.2 Å². The number of aromatic nitrogens is 5. The van der Waals surface area contributed by atoms with Gasteiger partial charge in [0.15, 0.2) is 20.8 Å². The lowest BCUT2D eigenvalue weighted by molar-refractivity contribution is -0.113. The maximum absolute atomic E-state index is 12.7. The summed E-state index contributed by atoms with van der Waals surface area (Å²) in [5.74, 6) is -0.113. The average molecular weight is 508 g/mol. The van der Waals surface area contributed by atoms with Crippen LogP contribution >= 0.6 is 11.8 Å². The Labute approximate surface area is 206 Å². The molecule has 4 rings (SSSR count). The lowest BCUT2D eigenvalue weighted by Crippen LogP contribution is -2.18. The highest BCUT2D eigenvalue weighted by Crippen LogP contribution is 2.23. The zero-order chi connectivity index (χ0) is 24.8. The van der Waals surface area contributed by atoms with Crippen LogP contribution in [0.15, 0.2) is 76.9 Å². The van der Waals surface area contributed by atoms with Gasteiger partial charge in [0.1, 0.15) is 23.2 Å². The van der Waals surface area contributed by atoms with Gasteiger partial charge in [0, 0.05) is 6.54 Å². The minimum atomic E-state index is -3.59. The standard InChI is InChI=1S/C23H21N7O3S2/c1-2-29-20(16-35(32,33)19-11-7-4-8-12-19)27-28-23(29)34-15-21(31)26-22-17(13-24)14-25-30(22)18-9-5-3-6-10-18/h3-12,14H,2,15-16H2,1H3,(H,26,31). The van der Waals surface area contributed by atoms with Gasteiger partial charge in [0.25, 0.3) is 0 Å². The number of anilines is 1. The first-order valence-corrected chi connectivity index (χ1v) is 13.2. The molecule has 1 N–H and O–H groups in total. The van der Waals surface area contributed by atoms with Crippen LogP contribution in [0, 0.1) is 11.3 Å². The summed E-state index contributed by atoms with van der Waals surface area (Å²) in [5, 5.41) is 25.0. The Kier molecular flexibility index (Phi) is 7.28. The molecular weight excluding hydrogens is 486 g/mol. The predicted octanol–water partition coefficient (Wildman–Crippen LogP) is 3.06. The first-order valence-electron chi connectivity index (χ1n) is 10.6. The van der Waals surface area contributed by atoms with E-state index in [1.165, 1.54) is 23.0 Å². The van der Waals surface area contributed by atoms with E-state index in [0.717, 1.165) is 11.8 Å². The maximum atomic E-state index is 12.7. The molecule has 0 spiro atoms. The molecule has 0 saturated carbocycles. The minimum Gasteiger partial charge on any atom is -0.309 e. The molecular formula is C23H21N7O3S2. The average Bonchev–Trinajstić information content (AvgIpc) is 3.46. The second kappa shape index (κ2) is 10.5. The summed E-state index contributed by atoms with van der Waals surface area (Å²) >= 11 is 1.13. The van der Waals surface area contributed by atoms with Gasteiger partial charge < -0.3 is 9.88 Å². The summed E-state index contributed by atoms with van der Waals surface area (Å²) in [5.41, 5.74) is 0.935. The fourth-order valence-electron chi connectivity index (χ4n) is 3.35. The zero-order valence-electron chi connectivity index (χ0n) is 18.7. The number of amides is 1. The molecule has 0 unspecified atom stereocenters. The number of hydrogen-bond acceptors (Lipinski definition) is 8. The number of nitrogens with one attached hydrogen (secondary N) is 1. The molecule has 1 amide bonds. The van der Waals surface area contributed by atoms with Gasteiger partial charge in [-0.1, -0.05) is 48.2 Å². The molecule has 0 saturated heterocycles. The number of benzene rings is 2. The number of rotatable bonds is 9. The third-order valence-electron chi connectivity index (χ3n) is 5.01. The van der Waals surface area contributed by atoms with E-state index in [4.69, 9.17) is 0 Å². The summed E-state index contributed by atoms with van der Waals surface area (Å²) < 4.78 is 28.7. The molecule has 2 aromatic carbocycles. The molecule has 2 aromatic heterocycles. The number of sulfone groups is 1. The number of hydrogen-bond donors (Lipinski definition) is 1. The topological polar surface area (TPSA) is 136 Å². The predicted molar refractivity (Wildman–Crippen MR) is 131 cm³/mol. The van der Waals surface area contributed by atoms with Crippen molar-refractivity contribution < 1.29 is 13.2 Å². The molecule has 2 heterocycles. The Morgan fingerprint density at radius 1 is 1.09 bits per heavy atom. The van der Waals surface area contributed by atoms with Crippen LogP contribution in [0.3, 0.4) is 0 Å². The quantitative estimate of drug-likeness (QED) is 0.342. The van der Waals surface area contributed by atoms with Gasteiger partial charge in [-0.2, -0.15) is 10.4 Å². The smallest absolute Gasteiger partial charge is 0.236 e. The maximum Gasteiger partial charge on any atom is 0.236 e. The van der Waals surface area contributed by atoms with E-state index >= 15 is 0 Å². The number of nitrogens with zero attached hydrogens (tertiary/aromatic N) is 6. The lowest BCUT2D eigenvalue weighted by atomic mass is 10.3. The third kappa shape index (κ3) is 5.42. The highest BCUT2D eigenvalue weighted by molar-refractivity contribution is 7.99. The van der Waals surface area contributed by atoms with Gasteiger partial charge in [-0.3, -0.25) is 4.79 Å². The van der Waals surface area contributed by atoms with Gasteiger partial charge in [-0.25, -0.2) is 13.1 Å². The van der Waals surface area contributed by atoms with Gasteiger partial charge in [-0.15, -0.1) is 10.2 Å². The largest absolute Gasteiger partial charge is 0.309 e. The van der Waals surface area contributed by atoms with Crippen LogP contribution < -0.4 is 5.32 Å². The van der Waals surface area contributed by atoms with Gasteiger partial charge in [0.2, 0.25) is 5.91 Å². The molecule has 178 valence electrons. The Bertz CT molecular complexity index is 1470. The summed E-state index contributed by atoms with van der Waals surface area (Å²) in [6.45, 7) is 2.29. The molecule has 35 heavy (non-hydrogen) atoms. The summed E-state index contributed by atoms with van der Waals surface area (Å²) in [6, 6.07) is 19.3. The van der Waals surface area contributed by atoms with Gasteiger partial charge in [0.05, 0.1) is 22.5 Å². The first-order chi connectivity index (χ1) is 16.9. The highest BCUT2D eigenvalue weighted by atomic mass is 32.2. The van der Waals surface area contributed by atoms with Crippen molar-refractivity contribution in [2.45, 2.75) is 29.3 Å². The monoisotopic (exact) mass is 507 g/mol. The molecule has 4 aromatic rings. The Balaban J connectivity index is 1.47. The lowest BCUT2D eigenvalue weighted by Gasteiger charge is -2.10. The van der Waals surface area contributed by atoms with Crippen LogP contribution in [0.5, 0.6) is 0 Å². The highest BCUT2D eigenvalue weighted by Gasteiger charge is 2.22. The molecule has 0 radical (unpaired) electrons. The molecule has 0 fully saturated rings. The van der Waals surface area contributed by atoms with Crippen molar-refractivity contribution in [2.24, 2.45) is 0 Å². The molecule has 0 bridgehead atoms. The van der Waals surface area contributed by atoms with Crippen LogP contribution in [0.1, 0.15) is 18.3 Å². The molecule has 12 heteroatoms. The van der Waals surface area contributed by atoms with Crippen molar-refractivity contribution in [3.8, 4) is 11.8 Å². The Hall–Kier alpha value is -3.95. The normalized spacial score (nSPS) is 11.2. The van der Waals surface area contributed by atoms with Crippen LogP contribution in [0.4, 0.5) is 5.82 Å². The summed E-state index contributed by atoms with van der Waals surface area (Å²) in [6.07, 6.45) is 1.39. The fraction of sp³-hybridized carbons (Fsp3) is 0.174. The van der Waals surface area contributed by atoms with E-state index in [2.05, 4.69) is 20.6 Å². The SMILES string of the molecule is CCn1c(CS(=O)(=O)c2ccccc2)nnc1SCC(=O)Nc1c(C#N)cnn1-c1ccccc1. The van der Waals surface area contributed by atoms with Crippen molar-refractivity contribution in [3.63, 3.8) is 0 Å². The van der Waals surface area contributed by atoms with E-state index in [9.17, 15) is 18.5 Å². The number of para-hydroxylation sites is 1. The second-order valence-corrected chi connectivity index (χ2v) is 10.3. The van der Waals surface area contributed by atoms with E-state index in [-0.39, 0.29) is 33.7 Å². The summed E-state index contributed by atoms with van der Waals surface area (Å²) in [7, 11) is -3.59. The van der Waals surface area contributed by atoms with E-state index in [1.807, 2.05) is 43.3 Å². The van der Waals surface area contributed by atoms with Crippen molar-refractivity contribution in [1.29, 1.82) is 5.26 Å². The molecule has 0 aliphatic rings. The molecule has 0 aliphatic heterocycles. The Morgan fingerprint density at radius 2 is 1.77 bits per heavy atom. The minimum absolute atomic E-state index is 0.0194. The van der Waals surface area contributed by atoms with Crippen molar-refractivity contribution in [3.05, 3.63) is 78.2 Å². The van der Waals surface area contributed by atoms with E-state index < -0.39 is 9.84 Å². The van der Waals surface area contributed by atoms with Crippen LogP contribution in [0.25, 0.3) is 5.69 Å². The Morgan fingerprint density at radius 3 is 2.43 bits per heavy atom. The van der Waals surface area contributed by atoms with Crippen LogP contribution in [-0.2, 0) is 26.9 Å². The molecule has 0 atom stereocenters. The third-order valence-corrected chi connectivity index (χ3v) is 7.61. The number of nitriles is 1. The van der Waals surface area contributed by atoms with Crippen LogP contribution in [-0.4, -0.2) is 44.6 Å². The second-order valence-electron chi connectivity index (χ2n) is 7.32. The molecule has 10 nitrogen and oxygen atoms in total. The van der Waals surface area contributed by atoms with E-state index in [1.54, 1.807) is 22.8 Å². The first kappa shape index (κ1) is 24.2. The van der Waals surface area contributed by atoms with Crippen LogP contribution in [0.2, 0.25) is 0 Å². The van der Waals surface area contributed by atoms with Crippen molar-refractivity contribution in [2.75, 3.05) is 11.1 Å². The summed E-state index contributed by atoms with van der Waals surface area (Å²) in [4.78, 5) is 12.9. The van der Waals surface area contributed by atoms with Crippen molar-refractivity contribution in [1.82, 2.24) is 24.5 Å². The number of carbonyl (C=O) groups excluding carboxylic acids is 1.